The summed E-state index contributed by atoms with van der Waals surface area (Å²) in [6, 6.07) is 4.32. The van der Waals surface area contributed by atoms with Crippen LogP contribution in [0.3, 0.4) is 0 Å². The summed E-state index contributed by atoms with van der Waals surface area (Å²) < 4.78 is 1.93. The predicted octanol–water partition coefficient (Wildman–Crippen LogP) is 2.77. The standard InChI is InChI=1S/C13H20N4S/c1-2-8-17-13(10-15-16-17)12(14)7-3-5-11-6-4-9-18-11/h4,6,9-10,12H,2-3,5,7-8,14H2,1H3. The average Bonchev–Trinajstić information content (AvgIpc) is 3.00. The predicted molar refractivity (Wildman–Crippen MR) is 74.5 cm³/mol. The van der Waals surface area contributed by atoms with E-state index >= 15 is 0 Å². The molecule has 0 spiro atoms. The van der Waals surface area contributed by atoms with Crippen LogP contribution in [-0.2, 0) is 13.0 Å². The number of aromatic nitrogens is 3. The summed E-state index contributed by atoms with van der Waals surface area (Å²) in [6.45, 7) is 3.03. The third-order valence-corrected chi connectivity index (χ3v) is 3.92. The molecule has 0 saturated carbocycles. The third-order valence-electron chi connectivity index (χ3n) is 2.98. The molecule has 1 atom stereocenters. The molecule has 0 aliphatic carbocycles. The van der Waals surface area contributed by atoms with Gasteiger partial charge in [-0.15, -0.1) is 16.4 Å². The molecule has 0 radical (unpaired) electrons. The molecule has 0 aromatic carbocycles. The molecule has 4 nitrogen and oxygen atoms in total. The molecule has 2 aromatic rings. The molecule has 2 aromatic heterocycles. The van der Waals surface area contributed by atoms with Gasteiger partial charge in [-0.2, -0.15) is 0 Å². The summed E-state index contributed by atoms with van der Waals surface area (Å²) in [7, 11) is 0. The van der Waals surface area contributed by atoms with Crippen molar-refractivity contribution in [3.8, 4) is 0 Å². The minimum atomic E-state index is 0.0477. The third kappa shape index (κ3) is 3.40. The number of thiophene rings is 1. The molecule has 0 amide bonds. The van der Waals surface area contributed by atoms with Crippen molar-refractivity contribution in [2.45, 2.75) is 45.2 Å². The van der Waals surface area contributed by atoms with Crippen LogP contribution in [-0.4, -0.2) is 15.0 Å². The molecular formula is C13H20N4S. The Balaban J connectivity index is 1.83. The van der Waals surface area contributed by atoms with Gasteiger partial charge in [0.25, 0.3) is 0 Å². The normalized spacial score (nSPS) is 12.8. The zero-order valence-electron chi connectivity index (χ0n) is 10.7. The molecule has 0 bridgehead atoms. The highest BCUT2D eigenvalue weighted by molar-refractivity contribution is 7.09. The van der Waals surface area contributed by atoms with Crippen molar-refractivity contribution in [2.24, 2.45) is 5.73 Å². The van der Waals surface area contributed by atoms with Crippen LogP contribution in [0.4, 0.5) is 0 Å². The highest BCUT2D eigenvalue weighted by atomic mass is 32.1. The van der Waals surface area contributed by atoms with Crippen LogP contribution in [0.5, 0.6) is 0 Å². The summed E-state index contributed by atoms with van der Waals surface area (Å²) in [4.78, 5) is 1.43. The fraction of sp³-hybridized carbons (Fsp3) is 0.538. The van der Waals surface area contributed by atoms with E-state index in [2.05, 4.69) is 34.7 Å². The van der Waals surface area contributed by atoms with Crippen molar-refractivity contribution in [1.29, 1.82) is 0 Å². The van der Waals surface area contributed by atoms with Gasteiger partial charge in [0.2, 0.25) is 0 Å². The maximum Gasteiger partial charge on any atom is 0.0754 e. The molecule has 1 unspecified atom stereocenters. The fourth-order valence-corrected chi connectivity index (χ4v) is 2.79. The lowest BCUT2D eigenvalue weighted by Crippen LogP contribution is -2.16. The highest BCUT2D eigenvalue weighted by Gasteiger charge is 2.12. The van der Waals surface area contributed by atoms with Crippen LogP contribution in [0, 0.1) is 0 Å². The van der Waals surface area contributed by atoms with E-state index in [-0.39, 0.29) is 6.04 Å². The molecule has 98 valence electrons. The van der Waals surface area contributed by atoms with Gasteiger partial charge in [-0.05, 0) is 37.1 Å². The van der Waals surface area contributed by atoms with Gasteiger partial charge in [0, 0.05) is 17.5 Å². The lowest BCUT2D eigenvalue weighted by atomic mass is 10.1. The highest BCUT2D eigenvalue weighted by Crippen LogP contribution is 2.18. The molecule has 2 heterocycles. The summed E-state index contributed by atoms with van der Waals surface area (Å²) in [6.07, 6.45) is 6.05. The van der Waals surface area contributed by atoms with Crippen molar-refractivity contribution in [2.75, 3.05) is 0 Å². The summed E-state index contributed by atoms with van der Waals surface area (Å²) in [5.41, 5.74) is 7.27. The van der Waals surface area contributed by atoms with Crippen molar-refractivity contribution < 1.29 is 0 Å². The minimum Gasteiger partial charge on any atom is -0.323 e. The van der Waals surface area contributed by atoms with E-state index in [1.807, 2.05) is 16.0 Å². The smallest absolute Gasteiger partial charge is 0.0754 e. The van der Waals surface area contributed by atoms with Gasteiger partial charge in [0.15, 0.2) is 0 Å². The molecule has 0 aliphatic rings. The molecule has 5 heteroatoms. The van der Waals surface area contributed by atoms with E-state index in [1.165, 1.54) is 4.88 Å². The Labute approximate surface area is 112 Å². The van der Waals surface area contributed by atoms with E-state index in [1.54, 1.807) is 6.20 Å². The maximum atomic E-state index is 6.21. The van der Waals surface area contributed by atoms with Crippen molar-refractivity contribution in [3.05, 3.63) is 34.3 Å². The zero-order chi connectivity index (χ0) is 12.8. The molecule has 0 fully saturated rings. The van der Waals surface area contributed by atoms with Crippen LogP contribution in [0.2, 0.25) is 0 Å². The van der Waals surface area contributed by atoms with Crippen LogP contribution in [0.15, 0.2) is 23.7 Å². The first kappa shape index (κ1) is 13.2. The first-order valence-corrected chi connectivity index (χ1v) is 7.35. The molecule has 18 heavy (non-hydrogen) atoms. The second-order valence-electron chi connectivity index (χ2n) is 4.46. The number of nitrogens with zero attached hydrogens (tertiary/aromatic N) is 3. The summed E-state index contributed by atoms with van der Waals surface area (Å²) in [5, 5.41) is 10.1. The van der Waals surface area contributed by atoms with Crippen LogP contribution < -0.4 is 5.73 Å². The Morgan fingerprint density at radius 1 is 1.50 bits per heavy atom. The van der Waals surface area contributed by atoms with E-state index in [4.69, 9.17) is 5.73 Å². The van der Waals surface area contributed by atoms with E-state index in [9.17, 15) is 0 Å². The van der Waals surface area contributed by atoms with E-state index < -0.39 is 0 Å². The first-order valence-electron chi connectivity index (χ1n) is 6.47. The number of hydrogen-bond acceptors (Lipinski definition) is 4. The molecular weight excluding hydrogens is 244 g/mol. The van der Waals surface area contributed by atoms with Gasteiger partial charge in [-0.3, -0.25) is 0 Å². The van der Waals surface area contributed by atoms with Gasteiger partial charge >= 0.3 is 0 Å². The summed E-state index contributed by atoms with van der Waals surface area (Å²) >= 11 is 1.81. The average molecular weight is 264 g/mol. The minimum absolute atomic E-state index is 0.0477. The first-order chi connectivity index (χ1) is 8.81. The quantitative estimate of drug-likeness (QED) is 0.836. The number of aryl methyl sites for hydroxylation is 2. The maximum absolute atomic E-state index is 6.21. The molecule has 2 rings (SSSR count). The SMILES string of the molecule is CCCn1nncc1C(N)CCCc1cccs1. The number of rotatable bonds is 7. The lowest BCUT2D eigenvalue weighted by Gasteiger charge is -2.12. The Morgan fingerprint density at radius 3 is 3.11 bits per heavy atom. The Morgan fingerprint density at radius 2 is 2.39 bits per heavy atom. The van der Waals surface area contributed by atoms with Crippen LogP contribution in [0.25, 0.3) is 0 Å². The Bertz CT molecular complexity index is 449. The monoisotopic (exact) mass is 264 g/mol. The topological polar surface area (TPSA) is 56.7 Å². The molecule has 0 saturated heterocycles. The number of nitrogens with two attached hydrogens (primary N) is 1. The van der Waals surface area contributed by atoms with Crippen LogP contribution >= 0.6 is 11.3 Å². The largest absolute Gasteiger partial charge is 0.323 e. The Hall–Kier alpha value is -1.20. The van der Waals surface area contributed by atoms with Crippen molar-refractivity contribution in [1.82, 2.24) is 15.0 Å². The van der Waals surface area contributed by atoms with Gasteiger partial charge < -0.3 is 5.73 Å². The molecule has 2 N–H and O–H groups in total. The van der Waals surface area contributed by atoms with Gasteiger partial charge in [0.05, 0.1) is 11.9 Å². The van der Waals surface area contributed by atoms with Gasteiger partial charge in [0.1, 0.15) is 0 Å². The fourth-order valence-electron chi connectivity index (χ4n) is 2.04. The van der Waals surface area contributed by atoms with Gasteiger partial charge in [-0.1, -0.05) is 18.2 Å². The second kappa shape index (κ2) is 6.66. The van der Waals surface area contributed by atoms with E-state index in [0.29, 0.717) is 0 Å². The molecule has 0 aliphatic heterocycles. The van der Waals surface area contributed by atoms with Crippen molar-refractivity contribution >= 4 is 11.3 Å². The number of hydrogen-bond donors (Lipinski definition) is 1. The van der Waals surface area contributed by atoms with Gasteiger partial charge in [-0.25, -0.2) is 4.68 Å². The van der Waals surface area contributed by atoms with Crippen LogP contribution in [0.1, 0.15) is 42.8 Å². The Kier molecular flexibility index (Phi) is 4.90. The lowest BCUT2D eigenvalue weighted by molar-refractivity contribution is 0.506. The van der Waals surface area contributed by atoms with Crippen molar-refractivity contribution in [3.63, 3.8) is 0 Å². The van der Waals surface area contributed by atoms with E-state index in [0.717, 1.165) is 37.9 Å². The summed E-state index contributed by atoms with van der Waals surface area (Å²) in [5.74, 6) is 0. The zero-order valence-corrected chi connectivity index (χ0v) is 11.6. The second-order valence-corrected chi connectivity index (χ2v) is 5.49.